The lowest BCUT2D eigenvalue weighted by Gasteiger charge is -2.33. The maximum atomic E-state index is 14.3. The van der Waals surface area contributed by atoms with E-state index in [-0.39, 0.29) is 34.8 Å². The molecule has 1 aliphatic carbocycles. The Morgan fingerprint density at radius 3 is 2.09 bits per heavy atom. The molecule has 12 heteroatoms. The molecule has 11 nitrogen and oxygen atoms in total. The Bertz CT molecular complexity index is 1590. The zero-order valence-corrected chi connectivity index (χ0v) is 28.5. The van der Waals surface area contributed by atoms with Gasteiger partial charge in [-0.3, -0.25) is 13.9 Å². The van der Waals surface area contributed by atoms with Crippen molar-refractivity contribution < 1.29 is 37.0 Å². The number of nitrogens with zero attached hydrogens (tertiary/aromatic N) is 2. The monoisotopic (exact) mass is 667 g/mol. The Labute approximate surface area is 277 Å². The fourth-order valence-corrected chi connectivity index (χ4v) is 7.02. The number of benzene rings is 3. The molecule has 0 saturated heterocycles. The lowest BCUT2D eigenvalue weighted by molar-refractivity contribution is -0.139. The summed E-state index contributed by atoms with van der Waals surface area (Å²) in [5.41, 5.74) is 1.01. The van der Waals surface area contributed by atoms with Crippen LogP contribution in [0.1, 0.15) is 51.5 Å². The Balaban J connectivity index is 1.71. The number of hydrogen-bond donors (Lipinski definition) is 1. The molecule has 1 fully saturated rings. The number of nitrogens with one attached hydrogen (secondary N) is 1. The van der Waals surface area contributed by atoms with Gasteiger partial charge in [-0.05, 0) is 80.8 Å². The molecule has 3 aromatic carbocycles. The van der Waals surface area contributed by atoms with Gasteiger partial charge in [0.1, 0.15) is 24.1 Å². The molecular formula is C35H45N3O8S. The predicted molar refractivity (Wildman–Crippen MR) is 180 cm³/mol. The van der Waals surface area contributed by atoms with E-state index in [0.29, 0.717) is 23.9 Å². The molecule has 4 rings (SSSR count). The van der Waals surface area contributed by atoms with E-state index < -0.39 is 28.5 Å². The molecule has 1 atom stereocenters. The number of rotatable bonds is 15. The summed E-state index contributed by atoms with van der Waals surface area (Å²) in [5, 5.41) is 3.12. The Hall–Kier alpha value is -4.45. The van der Waals surface area contributed by atoms with Crippen LogP contribution in [-0.4, -0.2) is 71.7 Å². The molecule has 1 saturated carbocycles. The van der Waals surface area contributed by atoms with Crippen LogP contribution in [0, 0.1) is 0 Å². The van der Waals surface area contributed by atoms with Crippen molar-refractivity contribution in [2.24, 2.45) is 0 Å². The van der Waals surface area contributed by atoms with Crippen LogP contribution in [0.25, 0.3) is 0 Å². The summed E-state index contributed by atoms with van der Waals surface area (Å²) in [4.78, 5) is 29.2. The second kappa shape index (κ2) is 16.4. The first-order chi connectivity index (χ1) is 22.6. The predicted octanol–water partition coefficient (Wildman–Crippen LogP) is 5.17. The van der Waals surface area contributed by atoms with Crippen LogP contribution < -0.4 is 28.6 Å². The summed E-state index contributed by atoms with van der Waals surface area (Å²) in [6.07, 6.45) is 5.00. The normalized spacial score (nSPS) is 14.1. The van der Waals surface area contributed by atoms with Crippen LogP contribution in [0.15, 0.2) is 71.6 Å². The average Bonchev–Trinajstić information content (AvgIpc) is 3.10. The van der Waals surface area contributed by atoms with Crippen molar-refractivity contribution in [3.8, 4) is 23.0 Å². The number of amides is 2. The van der Waals surface area contributed by atoms with E-state index in [4.69, 9.17) is 18.9 Å². The maximum Gasteiger partial charge on any atom is 0.264 e. The molecule has 254 valence electrons. The minimum absolute atomic E-state index is 0.0439. The summed E-state index contributed by atoms with van der Waals surface area (Å²) < 4.78 is 51.2. The fraction of sp³-hybridized carbons (Fsp3) is 0.429. The highest BCUT2D eigenvalue weighted by Gasteiger charge is 2.34. The lowest BCUT2D eigenvalue weighted by Crippen LogP contribution is -2.53. The number of anilines is 1. The van der Waals surface area contributed by atoms with Crippen molar-refractivity contribution in [3.05, 3.63) is 72.3 Å². The molecule has 0 unspecified atom stereocenters. The molecule has 0 bridgehead atoms. The van der Waals surface area contributed by atoms with Crippen molar-refractivity contribution in [1.29, 1.82) is 0 Å². The molecule has 3 aromatic rings. The van der Waals surface area contributed by atoms with Gasteiger partial charge in [-0.15, -0.1) is 0 Å². The number of hydrogen-bond acceptors (Lipinski definition) is 8. The summed E-state index contributed by atoms with van der Waals surface area (Å²) >= 11 is 0. The van der Waals surface area contributed by atoms with Crippen LogP contribution in [0.3, 0.4) is 0 Å². The molecule has 0 aliphatic heterocycles. The van der Waals surface area contributed by atoms with Gasteiger partial charge < -0.3 is 29.2 Å². The van der Waals surface area contributed by atoms with E-state index in [9.17, 15) is 18.0 Å². The van der Waals surface area contributed by atoms with Gasteiger partial charge >= 0.3 is 0 Å². The molecule has 1 N–H and O–H groups in total. The minimum atomic E-state index is -4.32. The van der Waals surface area contributed by atoms with Gasteiger partial charge in [0.2, 0.25) is 11.8 Å². The Morgan fingerprint density at radius 2 is 1.49 bits per heavy atom. The summed E-state index contributed by atoms with van der Waals surface area (Å²) in [7, 11) is 0.117. The zero-order valence-electron chi connectivity index (χ0n) is 27.7. The van der Waals surface area contributed by atoms with E-state index in [1.54, 1.807) is 50.4 Å². The van der Waals surface area contributed by atoms with Crippen molar-refractivity contribution in [2.45, 2.75) is 69.5 Å². The van der Waals surface area contributed by atoms with Gasteiger partial charge in [0.05, 0.1) is 38.5 Å². The number of methoxy groups -OCH3 is 3. The highest BCUT2D eigenvalue weighted by molar-refractivity contribution is 7.92. The van der Waals surface area contributed by atoms with E-state index in [2.05, 4.69) is 5.32 Å². The van der Waals surface area contributed by atoms with Gasteiger partial charge in [-0.2, -0.15) is 0 Å². The standard InChI is InChI=1S/C35H45N3O8S/c1-6-46-30-18-14-28(15-19-30)38(47(41,42)31-20-21-32(44-4)33(22-31)45-5)24-34(39)37(23-26-12-16-29(43-3)17-13-26)25(2)35(40)36-27-10-8-7-9-11-27/h12-22,25,27H,6-11,23-24H2,1-5H3,(H,36,40)/t25-/m1/s1. The number of carbonyl (C=O) groups excluding carboxylic acids is 2. The van der Waals surface area contributed by atoms with E-state index in [1.807, 2.05) is 19.1 Å². The third-order valence-electron chi connectivity index (χ3n) is 8.29. The van der Waals surface area contributed by atoms with Gasteiger partial charge in [-0.1, -0.05) is 31.4 Å². The largest absolute Gasteiger partial charge is 0.497 e. The van der Waals surface area contributed by atoms with Gasteiger partial charge in [-0.25, -0.2) is 8.42 Å². The molecule has 1 aliphatic rings. The SMILES string of the molecule is CCOc1ccc(N(CC(=O)N(Cc2ccc(OC)cc2)[C@H](C)C(=O)NC2CCCCC2)S(=O)(=O)c2ccc(OC)c(OC)c2)cc1. The summed E-state index contributed by atoms with van der Waals surface area (Å²) in [5.74, 6) is 0.955. The van der Waals surface area contributed by atoms with Crippen molar-refractivity contribution >= 4 is 27.5 Å². The summed E-state index contributed by atoms with van der Waals surface area (Å²) in [6, 6.07) is 17.1. The quantitative estimate of drug-likeness (QED) is 0.236. The topological polar surface area (TPSA) is 124 Å². The molecule has 47 heavy (non-hydrogen) atoms. The highest BCUT2D eigenvalue weighted by atomic mass is 32.2. The van der Waals surface area contributed by atoms with Crippen molar-refractivity contribution in [2.75, 3.05) is 38.8 Å². The van der Waals surface area contributed by atoms with Crippen LogP contribution >= 0.6 is 0 Å². The van der Waals surface area contributed by atoms with Gasteiger partial charge in [0.25, 0.3) is 10.0 Å². The first-order valence-electron chi connectivity index (χ1n) is 15.8. The van der Waals surface area contributed by atoms with Gasteiger partial charge in [0.15, 0.2) is 11.5 Å². The number of sulfonamides is 1. The number of carbonyl (C=O) groups is 2. The van der Waals surface area contributed by atoms with E-state index in [1.165, 1.54) is 37.3 Å². The third-order valence-corrected chi connectivity index (χ3v) is 10.1. The first kappa shape index (κ1) is 35.4. The molecule has 0 spiro atoms. The maximum absolute atomic E-state index is 14.3. The highest BCUT2D eigenvalue weighted by Crippen LogP contribution is 2.33. The number of ether oxygens (including phenoxy) is 4. The first-order valence-corrected chi connectivity index (χ1v) is 17.3. The molecular weight excluding hydrogens is 622 g/mol. The molecule has 0 heterocycles. The van der Waals surface area contributed by atoms with Crippen LogP contribution in [0.4, 0.5) is 5.69 Å². The summed E-state index contributed by atoms with van der Waals surface area (Å²) in [6.45, 7) is 3.47. The van der Waals surface area contributed by atoms with Crippen LogP contribution in [0.5, 0.6) is 23.0 Å². The lowest BCUT2D eigenvalue weighted by atomic mass is 9.95. The second-order valence-electron chi connectivity index (χ2n) is 11.3. The molecule has 0 aromatic heterocycles. The Morgan fingerprint density at radius 1 is 0.851 bits per heavy atom. The molecule has 0 radical (unpaired) electrons. The van der Waals surface area contributed by atoms with Crippen LogP contribution in [0.2, 0.25) is 0 Å². The third kappa shape index (κ3) is 8.88. The van der Waals surface area contributed by atoms with Crippen molar-refractivity contribution in [1.82, 2.24) is 10.2 Å². The van der Waals surface area contributed by atoms with Crippen LogP contribution in [-0.2, 0) is 26.2 Å². The molecule has 2 amide bonds. The fourth-order valence-electron chi connectivity index (χ4n) is 5.59. The average molecular weight is 668 g/mol. The smallest absolute Gasteiger partial charge is 0.264 e. The van der Waals surface area contributed by atoms with Gasteiger partial charge in [0, 0.05) is 18.7 Å². The Kier molecular flexibility index (Phi) is 12.4. The minimum Gasteiger partial charge on any atom is -0.497 e. The van der Waals surface area contributed by atoms with E-state index >= 15 is 0 Å². The zero-order chi connectivity index (χ0) is 34.0. The second-order valence-corrected chi connectivity index (χ2v) is 13.2. The van der Waals surface area contributed by atoms with E-state index in [0.717, 1.165) is 42.0 Å². The van der Waals surface area contributed by atoms with Crippen molar-refractivity contribution in [3.63, 3.8) is 0 Å².